The largest absolute Gasteiger partial charge is 0.497 e. The second-order valence-corrected chi connectivity index (χ2v) is 5.84. The van der Waals surface area contributed by atoms with E-state index in [0.717, 1.165) is 12.8 Å². The van der Waals surface area contributed by atoms with Crippen molar-refractivity contribution >= 4 is 11.9 Å². The Hall–Kier alpha value is -3.26. The third-order valence-corrected chi connectivity index (χ3v) is 3.97. The van der Waals surface area contributed by atoms with Gasteiger partial charge in [0.25, 0.3) is 0 Å². The lowest BCUT2D eigenvalue weighted by Crippen LogP contribution is -2.02. The van der Waals surface area contributed by atoms with Gasteiger partial charge < -0.3 is 14.2 Å². The maximum Gasteiger partial charge on any atom is 0.203 e. The average Bonchev–Trinajstić information content (AvgIpc) is 2.72. The molecule has 0 aliphatic rings. The van der Waals surface area contributed by atoms with Crippen molar-refractivity contribution < 1.29 is 19.0 Å². The summed E-state index contributed by atoms with van der Waals surface area (Å²) in [7, 11) is 3.11. The molecule has 0 heterocycles. The van der Waals surface area contributed by atoms with E-state index in [1.807, 2.05) is 6.07 Å². The summed E-state index contributed by atoms with van der Waals surface area (Å²) in [5.74, 6) is 1.51. The quantitative estimate of drug-likeness (QED) is 0.279. The van der Waals surface area contributed by atoms with Gasteiger partial charge >= 0.3 is 0 Å². The van der Waals surface area contributed by atoms with Crippen molar-refractivity contribution in [2.45, 2.75) is 19.8 Å². The fourth-order valence-electron chi connectivity index (χ4n) is 2.43. The number of carbonyl (C=O) groups is 1. The van der Waals surface area contributed by atoms with Gasteiger partial charge in [0, 0.05) is 5.56 Å². The van der Waals surface area contributed by atoms with E-state index in [0.29, 0.717) is 35.0 Å². The number of Topliss-reactive ketones (excluding diaryl/α,β-unsaturated/α-hetero) is 1. The lowest BCUT2D eigenvalue weighted by molar-refractivity contribution is 0.104. The molecule has 0 atom stereocenters. The second-order valence-electron chi connectivity index (χ2n) is 5.84. The second kappa shape index (κ2) is 10.0. The predicted octanol–water partition coefficient (Wildman–Crippen LogP) is 4.67. The minimum absolute atomic E-state index is 0.0434. The number of nitrogens with zero attached hydrogens (tertiary/aromatic N) is 1. The number of benzene rings is 2. The molecule has 0 bridgehead atoms. The van der Waals surface area contributed by atoms with Crippen molar-refractivity contribution in [3.63, 3.8) is 0 Å². The smallest absolute Gasteiger partial charge is 0.203 e. The molecule has 140 valence electrons. The summed E-state index contributed by atoms with van der Waals surface area (Å²) < 4.78 is 16.2. The topological polar surface area (TPSA) is 68.5 Å². The third kappa shape index (κ3) is 5.35. The Labute approximate surface area is 159 Å². The summed E-state index contributed by atoms with van der Waals surface area (Å²) in [6, 6.07) is 14.0. The molecule has 27 heavy (non-hydrogen) atoms. The van der Waals surface area contributed by atoms with Gasteiger partial charge in [-0.25, -0.2) is 0 Å². The zero-order valence-corrected chi connectivity index (χ0v) is 15.8. The molecule has 0 unspecified atom stereocenters. The molecule has 0 aromatic heterocycles. The summed E-state index contributed by atoms with van der Waals surface area (Å²) in [6.07, 6.45) is 3.55. The number of ketones is 1. The fourth-order valence-corrected chi connectivity index (χ4v) is 2.43. The average molecular weight is 365 g/mol. The molecular weight excluding hydrogens is 342 g/mol. The van der Waals surface area contributed by atoms with Crippen LogP contribution in [0.25, 0.3) is 6.08 Å². The van der Waals surface area contributed by atoms with E-state index in [2.05, 4.69) is 6.92 Å². The van der Waals surface area contributed by atoms with Crippen LogP contribution in [0.1, 0.15) is 35.7 Å². The van der Waals surface area contributed by atoms with Gasteiger partial charge in [-0.15, -0.1) is 0 Å². The molecule has 0 fully saturated rings. The van der Waals surface area contributed by atoms with Crippen LogP contribution < -0.4 is 14.2 Å². The van der Waals surface area contributed by atoms with Gasteiger partial charge in [0.05, 0.1) is 20.8 Å². The summed E-state index contributed by atoms with van der Waals surface area (Å²) in [4.78, 5) is 12.6. The van der Waals surface area contributed by atoms with Crippen molar-refractivity contribution in [1.29, 1.82) is 5.26 Å². The van der Waals surface area contributed by atoms with E-state index < -0.39 is 0 Å². The Kier molecular flexibility index (Phi) is 7.45. The first kappa shape index (κ1) is 20.1. The highest BCUT2D eigenvalue weighted by Crippen LogP contribution is 2.29. The molecule has 5 nitrogen and oxygen atoms in total. The Morgan fingerprint density at radius 3 is 2.41 bits per heavy atom. The highest BCUT2D eigenvalue weighted by Gasteiger charge is 2.13. The molecular formula is C22H23NO4. The van der Waals surface area contributed by atoms with Gasteiger partial charge in [-0.1, -0.05) is 19.4 Å². The molecule has 0 spiro atoms. The van der Waals surface area contributed by atoms with Crippen molar-refractivity contribution in [2.24, 2.45) is 0 Å². The lowest BCUT2D eigenvalue weighted by Gasteiger charge is -2.11. The Balaban J connectivity index is 2.25. The van der Waals surface area contributed by atoms with Crippen LogP contribution >= 0.6 is 0 Å². The standard InChI is InChI=1S/C22H23NO4/c1-4-5-12-27-20-11-6-16(14-21(20)26-3)13-18(15-23)22(24)17-7-9-19(25-2)10-8-17/h6-11,13-14H,4-5,12H2,1-3H3/b18-13+. The van der Waals surface area contributed by atoms with Crippen LogP contribution in [0.5, 0.6) is 17.2 Å². The number of nitriles is 1. The molecule has 2 aromatic rings. The number of carbonyl (C=O) groups excluding carboxylic acids is 1. The SMILES string of the molecule is CCCCOc1ccc(/C=C(\C#N)C(=O)c2ccc(OC)cc2)cc1OC. The van der Waals surface area contributed by atoms with Crippen molar-refractivity contribution in [2.75, 3.05) is 20.8 Å². The molecule has 0 saturated heterocycles. The van der Waals surface area contributed by atoms with Gasteiger partial charge in [-0.2, -0.15) is 5.26 Å². The number of unbranched alkanes of at least 4 members (excludes halogenated alkanes) is 1. The Morgan fingerprint density at radius 2 is 1.81 bits per heavy atom. The fraction of sp³-hybridized carbons (Fsp3) is 0.273. The lowest BCUT2D eigenvalue weighted by atomic mass is 10.0. The van der Waals surface area contributed by atoms with Crippen LogP contribution in [0, 0.1) is 11.3 Å². The molecule has 2 rings (SSSR count). The normalized spacial score (nSPS) is 10.8. The first-order valence-electron chi connectivity index (χ1n) is 8.74. The zero-order chi connectivity index (χ0) is 19.6. The number of methoxy groups -OCH3 is 2. The van der Waals surface area contributed by atoms with E-state index in [1.165, 1.54) is 0 Å². The number of ether oxygens (including phenoxy) is 3. The summed E-state index contributed by atoms with van der Waals surface area (Å²) in [5, 5.41) is 9.42. The maximum atomic E-state index is 12.6. The van der Waals surface area contributed by atoms with E-state index in [1.54, 1.807) is 62.8 Å². The van der Waals surface area contributed by atoms with E-state index in [9.17, 15) is 10.1 Å². The number of hydrogen-bond acceptors (Lipinski definition) is 5. The van der Waals surface area contributed by atoms with Gasteiger partial charge in [-0.05, 0) is 54.5 Å². The molecule has 0 saturated carbocycles. The molecule has 0 radical (unpaired) electrons. The van der Waals surface area contributed by atoms with Crippen LogP contribution in [-0.2, 0) is 0 Å². The minimum atomic E-state index is -0.345. The number of hydrogen-bond donors (Lipinski definition) is 0. The van der Waals surface area contributed by atoms with Crippen LogP contribution in [0.2, 0.25) is 0 Å². The van der Waals surface area contributed by atoms with Crippen molar-refractivity contribution in [1.82, 2.24) is 0 Å². The summed E-state index contributed by atoms with van der Waals surface area (Å²) >= 11 is 0. The number of allylic oxidation sites excluding steroid dienone is 1. The van der Waals surface area contributed by atoms with E-state index >= 15 is 0 Å². The Bertz CT molecular complexity index is 848. The highest BCUT2D eigenvalue weighted by molar-refractivity contribution is 6.14. The number of rotatable bonds is 9. The van der Waals surface area contributed by atoms with Gasteiger partial charge in [-0.3, -0.25) is 4.79 Å². The van der Waals surface area contributed by atoms with Gasteiger partial charge in [0.15, 0.2) is 11.5 Å². The molecule has 2 aromatic carbocycles. The molecule has 0 N–H and O–H groups in total. The first-order chi connectivity index (χ1) is 13.1. The monoisotopic (exact) mass is 365 g/mol. The third-order valence-electron chi connectivity index (χ3n) is 3.97. The molecule has 0 aliphatic heterocycles. The van der Waals surface area contributed by atoms with Crippen LogP contribution in [0.3, 0.4) is 0 Å². The predicted molar refractivity (Wildman–Crippen MR) is 104 cm³/mol. The minimum Gasteiger partial charge on any atom is -0.497 e. The Morgan fingerprint density at radius 1 is 1.07 bits per heavy atom. The van der Waals surface area contributed by atoms with Gasteiger partial charge in [0.1, 0.15) is 17.4 Å². The van der Waals surface area contributed by atoms with Crippen molar-refractivity contribution in [3.8, 4) is 23.3 Å². The highest BCUT2D eigenvalue weighted by atomic mass is 16.5. The van der Waals surface area contributed by atoms with E-state index in [-0.39, 0.29) is 11.4 Å². The zero-order valence-electron chi connectivity index (χ0n) is 15.8. The summed E-state index contributed by atoms with van der Waals surface area (Å²) in [6.45, 7) is 2.71. The van der Waals surface area contributed by atoms with Crippen LogP contribution in [0.4, 0.5) is 0 Å². The van der Waals surface area contributed by atoms with Crippen LogP contribution in [-0.4, -0.2) is 26.6 Å². The molecule has 5 heteroatoms. The molecule has 0 aliphatic carbocycles. The van der Waals surface area contributed by atoms with Crippen molar-refractivity contribution in [3.05, 3.63) is 59.2 Å². The van der Waals surface area contributed by atoms with Crippen LogP contribution in [0.15, 0.2) is 48.0 Å². The van der Waals surface area contributed by atoms with E-state index in [4.69, 9.17) is 14.2 Å². The molecule has 0 amide bonds. The summed E-state index contributed by atoms with van der Waals surface area (Å²) in [5.41, 5.74) is 1.16. The van der Waals surface area contributed by atoms with Gasteiger partial charge in [0.2, 0.25) is 5.78 Å². The maximum absolute atomic E-state index is 12.6. The first-order valence-corrected chi connectivity index (χ1v) is 8.74.